The summed E-state index contributed by atoms with van der Waals surface area (Å²) >= 11 is 0. The molecule has 1 saturated carbocycles. The first-order valence-electron chi connectivity index (χ1n) is 7.05. The first-order chi connectivity index (χ1) is 10.1. The van der Waals surface area contributed by atoms with Gasteiger partial charge in [-0.15, -0.1) is 0 Å². The van der Waals surface area contributed by atoms with Gasteiger partial charge in [0.1, 0.15) is 11.7 Å². The van der Waals surface area contributed by atoms with Crippen molar-refractivity contribution in [2.45, 2.75) is 30.7 Å². The molecule has 1 aromatic carbocycles. The van der Waals surface area contributed by atoms with E-state index < -0.39 is 17.3 Å². The highest BCUT2D eigenvalue weighted by atomic mass is 16.5. The van der Waals surface area contributed by atoms with Gasteiger partial charge in [0.05, 0.1) is 7.11 Å². The number of hydrogen-bond acceptors (Lipinski definition) is 4. The van der Waals surface area contributed by atoms with Gasteiger partial charge in [0.25, 0.3) is 0 Å². The number of carbonyl (C=O) groups excluding carboxylic acids is 3. The van der Waals surface area contributed by atoms with Crippen molar-refractivity contribution in [2.75, 3.05) is 7.11 Å². The lowest BCUT2D eigenvalue weighted by atomic mass is 9.61. The largest absolute Gasteiger partial charge is 0.468 e. The van der Waals surface area contributed by atoms with Gasteiger partial charge >= 0.3 is 5.97 Å². The molecular weight excluding hydrogens is 270 g/mol. The minimum Gasteiger partial charge on any atom is -0.468 e. The Hall–Kier alpha value is -2.17. The number of ketones is 1. The quantitative estimate of drug-likeness (QED) is 0.649. The van der Waals surface area contributed by atoms with E-state index in [2.05, 4.69) is 5.32 Å². The summed E-state index contributed by atoms with van der Waals surface area (Å²) in [6.45, 7) is 0. The lowest BCUT2D eigenvalue weighted by Crippen LogP contribution is -2.50. The summed E-state index contributed by atoms with van der Waals surface area (Å²) in [7, 11) is 1.27. The third kappa shape index (κ3) is 1.95. The van der Waals surface area contributed by atoms with E-state index in [0.29, 0.717) is 12.8 Å². The first-order valence-corrected chi connectivity index (χ1v) is 7.05. The van der Waals surface area contributed by atoms with Gasteiger partial charge in [-0.3, -0.25) is 14.4 Å². The van der Waals surface area contributed by atoms with E-state index in [1.807, 2.05) is 30.3 Å². The molecular formula is C16H17NO4. The highest BCUT2D eigenvalue weighted by Crippen LogP contribution is 2.48. The molecule has 3 rings (SSSR count). The zero-order valence-corrected chi connectivity index (χ0v) is 11.8. The summed E-state index contributed by atoms with van der Waals surface area (Å²) in [5.41, 5.74) is 0.0256. The van der Waals surface area contributed by atoms with Crippen LogP contribution in [-0.2, 0) is 24.5 Å². The van der Waals surface area contributed by atoms with E-state index in [9.17, 15) is 14.4 Å². The highest BCUT2D eigenvalue weighted by molar-refractivity contribution is 6.03. The molecule has 1 aliphatic carbocycles. The maximum atomic E-state index is 12.3. The highest BCUT2D eigenvalue weighted by Gasteiger charge is 2.61. The van der Waals surface area contributed by atoms with E-state index in [1.54, 1.807) is 0 Å². The van der Waals surface area contributed by atoms with Crippen molar-refractivity contribution < 1.29 is 19.1 Å². The second-order valence-electron chi connectivity index (χ2n) is 5.68. The fraction of sp³-hybridized carbons (Fsp3) is 0.438. The van der Waals surface area contributed by atoms with E-state index >= 15 is 0 Å². The number of amides is 1. The van der Waals surface area contributed by atoms with Crippen LogP contribution < -0.4 is 5.32 Å². The monoisotopic (exact) mass is 287 g/mol. The number of ether oxygens (including phenoxy) is 1. The Balaban J connectivity index is 2.17. The lowest BCUT2D eigenvalue weighted by Gasteiger charge is -2.40. The van der Waals surface area contributed by atoms with Gasteiger partial charge in [-0.25, -0.2) is 0 Å². The summed E-state index contributed by atoms with van der Waals surface area (Å²) in [6, 6.07) is 9.14. The Morgan fingerprint density at radius 1 is 1.29 bits per heavy atom. The summed E-state index contributed by atoms with van der Waals surface area (Å²) in [6.07, 6.45) is 1.20. The number of benzene rings is 1. The normalized spacial score (nSPS) is 31.5. The Morgan fingerprint density at radius 2 is 2.00 bits per heavy atom. The van der Waals surface area contributed by atoms with Crippen molar-refractivity contribution in [1.82, 2.24) is 5.32 Å². The number of fused-ring (bicyclic) bond motifs is 1. The molecule has 0 aromatic heterocycles. The van der Waals surface area contributed by atoms with Gasteiger partial charge in [-0.2, -0.15) is 0 Å². The van der Waals surface area contributed by atoms with Crippen molar-refractivity contribution >= 4 is 17.7 Å². The van der Waals surface area contributed by atoms with Crippen LogP contribution in [0, 0.1) is 5.92 Å². The van der Waals surface area contributed by atoms with Crippen LogP contribution >= 0.6 is 0 Å². The fourth-order valence-electron chi connectivity index (χ4n) is 3.75. The van der Waals surface area contributed by atoms with Crippen LogP contribution in [-0.4, -0.2) is 30.8 Å². The van der Waals surface area contributed by atoms with Crippen molar-refractivity contribution in [1.29, 1.82) is 0 Å². The Kier molecular flexibility index (Phi) is 3.27. The van der Waals surface area contributed by atoms with Crippen LogP contribution in [0.2, 0.25) is 0 Å². The number of carbonyl (C=O) groups is 3. The molecule has 110 valence electrons. The van der Waals surface area contributed by atoms with Crippen LogP contribution in [0.3, 0.4) is 0 Å². The summed E-state index contributed by atoms with van der Waals surface area (Å²) in [5.74, 6) is -1.79. The van der Waals surface area contributed by atoms with Crippen LogP contribution in [0.1, 0.15) is 24.8 Å². The van der Waals surface area contributed by atoms with E-state index in [-0.39, 0.29) is 24.2 Å². The molecule has 0 spiro atoms. The zero-order valence-electron chi connectivity index (χ0n) is 11.8. The smallest absolute Gasteiger partial charge is 0.319 e. The maximum Gasteiger partial charge on any atom is 0.319 e. The number of Topliss-reactive ketones (excluding diaryl/α,β-unsaturated/α-hetero) is 1. The van der Waals surface area contributed by atoms with Crippen LogP contribution in [0.15, 0.2) is 30.3 Å². The van der Waals surface area contributed by atoms with Crippen molar-refractivity contribution in [3.63, 3.8) is 0 Å². The Bertz CT molecular complexity index is 598. The number of esters is 1. The Labute approximate surface area is 122 Å². The topological polar surface area (TPSA) is 72.5 Å². The molecule has 0 radical (unpaired) electrons. The molecule has 1 aliphatic heterocycles. The van der Waals surface area contributed by atoms with E-state index in [4.69, 9.17) is 4.74 Å². The number of nitrogens with one attached hydrogen (secondary N) is 1. The molecule has 1 saturated heterocycles. The van der Waals surface area contributed by atoms with Gasteiger partial charge < -0.3 is 10.1 Å². The van der Waals surface area contributed by atoms with Crippen LogP contribution in [0.25, 0.3) is 0 Å². The molecule has 5 nitrogen and oxygen atoms in total. The van der Waals surface area contributed by atoms with Gasteiger partial charge in [0, 0.05) is 24.3 Å². The zero-order chi connectivity index (χ0) is 15.0. The van der Waals surface area contributed by atoms with E-state index in [1.165, 1.54) is 7.11 Å². The maximum absolute atomic E-state index is 12.3. The average molecular weight is 287 g/mol. The number of methoxy groups -OCH3 is 1. The predicted octanol–water partition coefficient (Wildman–Crippen LogP) is 0.965. The minimum absolute atomic E-state index is 0.0838. The molecule has 2 fully saturated rings. The minimum atomic E-state index is -0.959. The Morgan fingerprint density at radius 3 is 2.67 bits per heavy atom. The molecule has 1 aromatic rings. The van der Waals surface area contributed by atoms with Crippen molar-refractivity contribution in [3.8, 4) is 0 Å². The molecule has 3 atom stereocenters. The SMILES string of the molecule is COC(=O)C1C(=O)N[C@H]2CCC(=O)C[C@@]12c1ccccc1. The van der Waals surface area contributed by atoms with Gasteiger partial charge in [-0.05, 0) is 12.0 Å². The summed E-state index contributed by atoms with van der Waals surface area (Å²) in [4.78, 5) is 36.5. The fourth-order valence-corrected chi connectivity index (χ4v) is 3.75. The number of hydrogen-bond donors (Lipinski definition) is 1. The molecule has 1 amide bonds. The molecule has 5 heteroatoms. The molecule has 2 aliphatic rings. The van der Waals surface area contributed by atoms with Crippen molar-refractivity contribution in [2.24, 2.45) is 5.92 Å². The van der Waals surface area contributed by atoms with Gasteiger partial charge in [-0.1, -0.05) is 30.3 Å². The molecule has 0 bridgehead atoms. The molecule has 1 unspecified atom stereocenters. The summed E-state index contributed by atoms with van der Waals surface area (Å²) in [5, 5.41) is 2.89. The molecule has 21 heavy (non-hydrogen) atoms. The second-order valence-corrected chi connectivity index (χ2v) is 5.68. The number of rotatable bonds is 2. The van der Waals surface area contributed by atoms with Gasteiger partial charge in [0.2, 0.25) is 5.91 Å². The summed E-state index contributed by atoms with van der Waals surface area (Å²) < 4.78 is 4.82. The second kappa shape index (κ2) is 4.98. The third-order valence-electron chi connectivity index (χ3n) is 4.67. The van der Waals surface area contributed by atoms with Crippen LogP contribution in [0.4, 0.5) is 0 Å². The first kappa shape index (κ1) is 13.8. The third-order valence-corrected chi connectivity index (χ3v) is 4.67. The van der Waals surface area contributed by atoms with Crippen molar-refractivity contribution in [3.05, 3.63) is 35.9 Å². The van der Waals surface area contributed by atoms with Crippen LogP contribution in [0.5, 0.6) is 0 Å². The van der Waals surface area contributed by atoms with E-state index in [0.717, 1.165) is 5.56 Å². The molecule has 1 heterocycles. The standard InChI is InChI=1S/C16H17NO4/c1-21-15(20)13-14(19)17-12-8-7-11(18)9-16(12,13)10-5-3-2-4-6-10/h2-6,12-13H,7-9H2,1H3,(H,17,19)/t12-,13?,16-/m0/s1. The van der Waals surface area contributed by atoms with Gasteiger partial charge in [0.15, 0.2) is 0 Å². The predicted molar refractivity (Wildman–Crippen MR) is 74.4 cm³/mol. The lowest BCUT2D eigenvalue weighted by molar-refractivity contribution is -0.151. The molecule has 1 N–H and O–H groups in total. The average Bonchev–Trinajstić information content (AvgIpc) is 2.80.